The van der Waals surface area contributed by atoms with E-state index in [2.05, 4.69) is 11.8 Å². The van der Waals surface area contributed by atoms with Gasteiger partial charge in [-0.15, -0.1) is 0 Å². The normalized spacial score (nSPS) is 29.4. The predicted octanol–water partition coefficient (Wildman–Crippen LogP) is 1.08. The summed E-state index contributed by atoms with van der Waals surface area (Å²) in [6.07, 6.45) is 2.31. The van der Waals surface area contributed by atoms with Gasteiger partial charge >= 0.3 is 0 Å². The van der Waals surface area contributed by atoms with E-state index in [4.69, 9.17) is 10.5 Å². The maximum absolute atomic E-state index is 5.97. The summed E-state index contributed by atoms with van der Waals surface area (Å²) in [6.45, 7) is 9.45. The van der Waals surface area contributed by atoms with Gasteiger partial charge in [-0.05, 0) is 25.7 Å². The Hall–Kier alpha value is -0.120. The highest BCUT2D eigenvalue weighted by Gasteiger charge is 2.21. The lowest BCUT2D eigenvalue weighted by Crippen LogP contribution is -2.46. The van der Waals surface area contributed by atoms with Crippen molar-refractivity contribution in [2.24, 2.45) is 11.7 Å². The SMILES string of the molecule is CCOCCCN1CC(C)CC(N)C1. The lowest BCUT2D eigenvalue weighted by molar-refractivity contribution is 0.114. The van der Waals surface area contributed by atoms with Gasteiger partial charge in [0.2, 0.25) is 0 Å². The fraction of sp³-hybridized carbons (Fsp3) is 1.00. The van der Waals surface area contributed by atoms with Gasteiger partial charge in [0.25, 0.3) is 0 Å². The monoisotopic (exact) mass is 200 g/mol. The molecule has 0 amide bonds. The summed E-state index contributed by atoms with van der Waals surface area (Å²) in [6, 6.07) is 0.380. The largest absolute Gasteiger partial charge is 0.382 e. The van der Waals surface area contributed by atoms with E-state index in [1.807, 2.05) is 6.92 Å². The Kier molecular flexibility index (Phi) is 5.45. The maximum atomic E-state index is 5.97. The van der Waals surface area contributed by atoms with Crippen LogP contribution in [0.4, 0.5) is 0 Å². The van der Waals surface area contributed by atoms with Crippen molar-refractivity contribution in [3.63, 3.8) is 0 Å². The van der Waals surface area contributed by atoms with Crippen LogP contribution >= 0.6 is 0 Å². The highest BCUT2D eigenvalue weighted by molar-refractivity contribution is 4.78. The first-order valence-corrected chi connectivity index (χ1v) is 5.78. The summed E-state index contributed by atoms with van der Waals surface area (Å²) >= 11 is 0. The molecular formula is C11H24N2O. The second-order valence-corrected chi connectivity index (χ2v) is 4.41. The average molecular weight is 200 g/mol. The Morgan fingerprint density at radius 3 is 2.86 bits per heavy atom. The first-order chi connectivity index (χ1) is 6.72. The minimum absolute atomic E-state index is 0.380. The summed E-state index contributed by atoms with van der Waals surface area (Å²) in [7, 11) is 0. The molecule has 1 rings (SSSR count). The molecule has 2 N–H and O–H groups in total. The number of piperidine rings is 1. The molecule has 3 nitrogen and oxygen atoms in total. The maximum Gasteiger partial charge on any atom is 0.0478 e. The van der Waals surface area contributed by atoms with Gasteiger partial charge < -0.3 is 15.4 Å². The fourth-order valence-corrected chi connectivity index (χ4v) is 2.23. The van der Waals surface area contributed by atoms with Crippen LogP contribution in [0.5, 0.6) is 0 Å². The fourth-order valence-electron chi connectivity index (χ4n) is 2.23. The third kappa shape index (κ3) is 4.40. The van der Waals surface area contributed by atoms with E-state index >= 15 is 0 Å². The zero-order valence-corrected chi connectivity index (χ0v) is 9.54. The number of likely N-dealkylation sites (tertiary alicyclic amines) is 1. The third-order valence-electron chi connectivity index (χ3n) is 2.73. The topological polar surface area (TPSA) is 38.5 Å². The van der Waals surface area contributed by atoms with Crippen molar-refractivity contribution < 1.29 is 4.74 Å². The van der Waals surface area contributed by atoms with E-state index < -0.39 is 0 Å². The number of ether oxygens (including phenoxy) is 1. The van der Waals surface area contributed by atoms with Gasteiger partial charge in [-0.1, -0.05) is 6.92 Å². The van der Waals surface area contributed by atoms with E-state index in [0.29, 0.717) is 6.04 Å². The summed E-state index contributed by atoms with van der Waals surface area (Å²) < 4.78 is 5.32. The highest BCUT2D eigenvalue weighted by atomic mass is 16.5. The Bertz CT molecular complexity index is 142. The minimum atomic E-state index is 0.380. The Balaban J connectivity index is 2.10. The molecule has 14 heavy (non-hydrogen) atoms. The van der Waals surface area contributed by atoms with Gasteiger partial charge in [0.1, 0.15) is 0 Å². The van der Waals surface area contributed by atoms with Crippen LogP contribution in [0.2, 0.25) is 0 Å². The van der Waals surface area contributed by atoms with Crippen LogP contribution in [-0.4, -0.2) is 43.8 Å². The molecule has 3 heteroatoms. The first-order valence-electron chi connectivity index (χ1n) is 5.78. The molecule has 1 aliphatic heterocycles. The van der Waals surface area contributed by atoms with Gasteiger partial charge in [0.15, 0.2) is 0 Å². The smallest absolute Gasteiger partial charge is 0.0478 e. The third-order valence-corrected chi connectivity index (χ3v) is 2.73. The van der Waals surface area contributed by atoms with Crippen molar-refractivity contribution in [1.29, 1.82) is 0 Å². The Morgan fingerprint density at radius 1 is 1.43 bits per heavy atom. The van der Waals surface area contributed by atoms with Gasteiger partial charge in [-0.25, -0.2) is 0 Å². The zero-order chi connectivity index (χ0) is 10.4. The first kappa shape index (κ1) is 12.0. The zero-order valence-electron chi connectivity index (χ0n) is 9.54. The quantitative estimate of drug-likeness (QED) is 0.675. The van der Waals surface area contributed by atoms with Crippen molar-refractivity contribution in [3.8, 4) is 0 Å². The van der Waals surface area contributed by atoms with Crippen LogP contribution in [0.3, 0.4) is 0 Å². The summed E-state index contributed by atoms with van der Waals surface area (Å²) in [5, 5.41) is 0. The summed E-state index contributed by atoms with van der Waals surface area (Å²) in [5.41, 5.74) is 5.97. The molecule has 1 saturated heterocycles. The van der Waals surface area contributed by atoms with Crippen LogP contribution in [0.1, 0.15) is 26.7 Å². The molecule has 0 aliphatic carbocycles. The van der Waals surface area contributed by atoms with Crippen molar-refractivity contribution in [1.82, 2.24) is 4.90 Å². The standard InChI is InChI=1S/C11H24N2O/c1-3-14-6-4-5-13-8-10(2)7-11(12)9-13/h10-11H,3-9,12H2,1-2H3. The molecule has 0 aromatic rings. The van der Waals surface area contributed by atoms with Gasteiger partial charge in [-0.2, -0.15) is 0 Å². The Morgan fingerprint density at radius 2 is 2.21 bits per heavy atom. The summed E-state index contributed by atoms with van der Waals surface area (Å²) in [5.74, 6) is 0.755. The molecule has 2 atom stereocenters. The molecule has 0 saturated carbocycles. The molecule has 1 aliphatic rings. The van der Waals surface area contributed by atoms with Crippen LogP contribution in [-0.2, 0) is 4.74 Å². The Labute approximate surface area is 87.6 Å². The predicted molar refractivity (Wildman–Crippen MR) is 59.3 cm³/mol. The number of nitrogens with zero attached hydrogens (tertiary/aromatic N) is 1. The number of hydrogen-bond donors (Lipinski definition) is 1. The molecule has 0 bridgehead atoms. The van der Waals surface area contributed by atoms with Crippen LogP contribution in [0.15, 0.2) is 0 Å². The minimum Gasteiger partial charge on any atom is -0.382 e. The molecule has 2 unspecified atom stereocenters. The van der Waals surface area contributed by atoms with Crippen LogP contribution < -0.4 is 5.73 Å². The molecule has 1 fully saturated rings. The van der Waals surface area contributed by atoms with Crippen LogP contribution in [0, 0.1) is 5.92 Å². The molecule has 0 spiro atoms. The van der Waals surface area contributed by atoms with Crippen molar-refractivity contribution >= 4 is 0 Å². The van der Waals surface area contributed by atoms with E-state index in [1.165, 1.54) is 13.0 Å². The van der Waals surface area contributed by atoms with Gasteiger partial charge in [-0.3, -0.25) is 0 Å². The second kappa shape index (κ2) is 6.38. The molecule has 0 aromatic heterocycles. The van der Waals surface area contributed by atoms with Crippen molar-refractivity contribution in [2.45, 2.75) is 32.7 Å². The average Bonchev–Trinajstić information content (AvgIpc) is 2.11. The van der Waals surface area contributed by atoms with Gasteiger partial charge in [0, 0.05) is 38.9 Å². The van der Waals surface area contributed by atoms with Crippen molar-refractivity contribution in [2.75, 3.05) is 32.8 Å². The molecule has 1 heterocycles. The molecular weight excluding hydrogens is 176 g/mol. The van der Waals surface area contributed by atoms with Gasteiger partial charge in [0.05, 0.1) is 0 Å². The lowest BCUT2D eigenvalue weighted by atomic mass is 9.96. The molecule has 0 aromatic carbocycles. The van der Waals surface area contributed by atoms with E-state index in [9.17, 15) is 0 Å². The molecule has 84 valence electrons. The van der Waals surface area contributed by atoms with E-state index in [-0.39, 0.29) is 0 Å². The number of nitrogens with two attached hydrogens (primary N) is 1. The lowest BCUT2D eigenvalue weighted by Gasteiger charge is -2.34. The van der Waals surface area contributed by atoms with E-state index in [1.54, 1.807) is 0 Å². The van der Waals surface area contributed by atoms with Crippen LogP contribution in [0.25, 0.3) is 0 Å². The molecule has 0 radical (unpaired) electrons. The summed E-state index contributed by atoms with van der Waals surface area (Å²) in [4.78, 5) is 2.47. The highest BCUT2D eigenvalue weighted by Crippen LogP contribution is 2.14. The number of rotatable bonds is 5. The number of hydrogen-bond acceptors (Lipinski definition) is 3. The van der Waals surface area contributed by atoms with Crippen molar-refractivity contribution in [3.05, 3.63) is 0 Å². The second-order valence-electron chi connectivity index (χ2n) is 4.41. The van der Waals surface area contributed by atoms with E-state index in [0.717, 1.165) is 38.6 Å².